The Kier molecular flexibility index (Phi) is 4.55. The minimum atomic E-state index is 0.517. The standard InChI is InChI=1S/C9H15N/c1-5-10-7-6-9(4)8(2)3/h5-8H,4H2,1-3H3/b7-6-,10-5-. The zero-order valence-electron chi connectivity index (χ0n) is 6.96. The summed E-state index contributed by atoms with van der Waals surface area (Å²) in [5, 5.41) is 0. The molecule has 0 aromatic carbocycles. The molecule has 0 atom stereocenters. The summed E-state index contributed by atoms with van der Waals surface area (Å²) in [6.45, 7) is 9.98. The Morgan fingerprint density at radius 1 is 1.50 bits per heavy atom. The third-order valence-electron chi connectivity index (χ3n) is 1.27. The first-order chi connectivity index (χ1) is 4.68. The number of nitrogens with zero attached hydrogens (tertiary/aromatic N) is 1. The van der Waals surface area contributed by atoms with Crippen LogP contribution in [0.25, 0.3) is 0 Å². The van der Waals surface area contributed by atoms with Crippen molar-refractivity contribution in [3.05, 3.63) is 24.4 Å². The van der Waals surface area contributed by atoms with Crippen molar-refractivity contribution in [1.82, 2.24) is 0 Å². The number of rotatable bonds is 3. The quantitative estimate of drug-likeness (QED) is 0.419. The Bertz CT molecular complexity index is 152. The topological polar surface area (TPSA) is 12.4 Å². The van der Waals surface area contributed by atoms with Crippen LogP contribution in [0, 0.1) is 5.92 Å². The van der Waals surface area contributed by atoms with Crippen molar-refractivity contribution in [3.63, 3.8) is 0 Å². The smallest absolute Gasteiger partial charge is 0.0266 e. The lowest BCUT2D eigenvalue weighted by Gasteiger charge is -2.00. The van der Waals surface area contributed by atoms with Crippen molar-refractivity contribution in [2.75, 3.05) is 0 Å². The molecule has 0 heterocycles. The molecule has 0 rings (SSSR count). The predicted molar refractivity (Wildman–Crippen MR) is 47.3 cm³/mol. The van der Waals surface area contributed by atoms with Crippen LogP contribution in [0.5, 0.6) is 0 Å². The molecule has 56 valence electrons. The first-order valence-electron chi connectivity index (χ1n) is 3.51. The van der Waals surface area contributed by atoms with Gasteiger partial charge in [-0.15, -0.1) is 0 Å². The molecule has 0 bridgehead atoms. The van der Waals surface area contributed by atoms with Crippen LogP contribution >= 0.6 is 0 Å². The molecule has 0 aromatic heterocycles. The summed E-state index contributed by atoms with van der Waals surface area (Å²) in [6, 6.07) is 0. The van der Waals surface area contributed by atoms with E-state index >= 15 is 0 Å². The van der Waals surface area contributed by atoms with Gasteiger partial charge in [-0.05, 0) is 18.9 Å². The normalized spacial score (nSPS) is 12.0. The average molecular weight is 137 g/mol. The van der Waals surface area contributed by atoms with E-state index in [9.17, 15) is 0 Å². The van der Waals surface area contributed by atoms with E-state index in [4.69, 9.17) is 0 Å². The van der Waals surface area contributed by atoms with Crippen molar-refractivity contribution in [3.8, 4) is 0 Å². The third-order valence-corrected chi connectivity index (χ3v) is 1.27. The largest absolute Gasteiger partial charge is 0.269 e. The van der Waals surface area contributed by atoms with Crippen LogP contribution in [0.3, 0.4) is 0 Å². The lowest BCUT2D eigenvalue weighted by Crippen LogP contribution is -1.86. The van der Waals surface area contributed by atoms with E-state index < -0.39 is 0 Å². The molecule has 1 nitrogen and oxygen atoms in total. The van der Waals surface area contributed by atoms with Crippen LogP contribution in [0.4, 0.5) is 0 Å². The van der Waals surface area contributed by atoms with E-state index in [1.54, 1.807) is 12.4 Å². The Balaban J connectivity index is 3.78. The van der Waals surface area contributed by atoms with Crippen molar-refractivity contribution in [1.29, 1.82) is 0 Å². The molecule has 0 unspecified atom stereocenters. The SMILES string of the molecule is C=C(/C=C\N=C/C)C(C)C. The monoisotopic (exact) mass is 137 g/mol. The van der Waals surface area contributed by atoms with Crippen molar-refractivity contribution in [2.45, 2.75) is 20.8 Å². The highest BCUT2D eigenvalue weighted by atomic mass is 14.6. The van der Waals surface area contributed by atoms with Gasteiger partial charge in [-0.1, -0.05) is 26.0 Å². The Hall–Kier alpha value is -0.850. The van der Waals surface area contributed by atoms with Crippen LogP contribution in [0.2, 0.25) is 0 Å². The second kappa shape index (κ2) is 4.98. The van der Waals surface area contributed by atoms with Gasteiger partial charge in [0.2, 0.25) is 0 Å². The van der Waals surface area contributed by atoms with Crippen molar-refractivity contribution < 1.29 is 0 Å². The van der Waals surface area contributed by atoms with E-state index in [1.807, 2.05) is 13.0 Å². The molecule has 1 heteroatoms. The fourth-order valence-corrected chi connectivity index (χ4v) is 0.417. The highest BCUT2D eigenvalue weighted by Gasteiger charge is 1.92. The van der Waals surface area contributed by atoms with Crippen LogP contribution in [-0.4, -0.2) is 6.21 Å². The predicted octanol–water partition coefficient (Wildman–Crippen LogP) is 2.80. The molecule has 0 fully saturated rings. The first-order valence-corrected chi connectivity index (χ1v) is 3.51. The average Bonchev–Trinajstić information content (AvgIpc) is 1.88. The van der Waals surface area contributed by atoms with Gasteiger partial charge in [0.25, 0.3) is 0 Å². The molecule has 0 aliphatic rings. The lowest BCUT2D eigenvalue weighted by atomic mass is 10.1. The van der Waals surface area contributed by atoms with E-state index in [2.05, 4.69) is 25.4 Å². The van der Waals surface area contributed by atoms with Crippen LogP contribution < -0.4 is 0 Å². The van der Waals surface area contributed by atoms with Gasteiger partial charge in [0.1, 0.15) is 0 Å². The molecule has 0 aliphatic heterocycles. The van der Waals surface area contributed by atoms with Crippen molar-refractivity contribution in [2.24, 2.45) is 10.9 Å². The number of hydrogen-bond donors (Lipinski definition) is 0. The zero-order chi connectivity index (χ0) is 7.98. The summed E-state index contributed by atoms with van der Waals surface area (Å²) in [5.74, 6) is 0.517. The second-order valence-electron chi connectivity index (χ2n) is 2.45. The van der Waals surface area contributed by atoms with Gasteiger partial charge in [-0.2, -0.15) is 0 Å². The van der Waals surface area contributed by atoms with E-state index in [-0.39, 0.29) is 0 Å². The minimum absolute atomic E-state index is 0.517. The fourth-order valence-electron chi connectivity index (χ4n) is 0.417. The van der Waals surface area contributed by atoms with Gasteiger partial charge in [-0.3, -0.25) is 4.99 Å². The molecule has 0 radical (unpaired) electrons. The molecule has 0 saturated carbocycles. The lowest BCUT2D eigenvalue weighted by molar-refractivity contribution is 0.795. The van der Waals surface area contributed by atoms with Gasteiger partial charge >= 0.3 is 0 Å². The van der Waals surface area contributed by atoms with Gasteiger partial charge in [-0.25, -0.2) is 0 Å². The molecule has 0 N–H and O–H groups in total. The minimum Gasteiger partial charge on any atom is -0.269 e. The Labute approximate surface area is 63.2 Å². The summed E-state index contributed by atoms with van der Waals surface area (Å²) in [4.78, 5) is 3.93. The number of hydrogen-bond acceptors (Lipinski definition) is 1. The van der Waals surface area contributed by atoms with Gasteiger partial charge in [0.05, 0.1) is 0 Å². The van der Waals surface area contributed by atoms with E-state index in [0.717, 1.165) is 5.57 Å². The maximum absolute atomic E-state index is 3.93. The molecule has 0 aliphatic carbocycles. The number of allylic oxidation sites excluding steroid dienone is 2. The highest BCUT2D eigenvalue weighted by Crippen LogP contribution is 2.06. The maximum Gasteiger partial charge on any atom is 0.0266 e. The summed E-state index contributed by atoms with van der Waals surface area (Å²) in [7, 11) is 0. The molecule has 0 amide bonds. The molecule has 0 saturated heterocycles. The first kappa shape index (κ1) is 9.15. The van der Waals surface area contributed by atoms with Crippen molar-refractivity contribution >= 4 is 6.21 Å². The highest BCUT2D eigenvalue weighted by molar-refractivity contribution is 5.54. The van der Waals surface area contributed by atoms with Crippen LogP contribution in [0.15, 0.2) is 29.4 Å². The Morgan fingerprint density at radius 2 is 2.10 bits per heavy atom. The summed E-state index contributed by atoms with van der Waals surface area (Å²) < 4.78 is 0. The van der Waals surface area contributed by atoms with Crippen LogP contribution in [0.1, 0.15) is 20.8 Å². The second-order valence-corrected chi connectivity index (χ2v) is 2.45. The van der Waals surface area contributed by atoms with Crippen LogP contribution in [-0.2, 0) is 0 Å². The summed E-state index contributed by atoms with van der Waals surface area (Å²) in [5.41, 5.74) is 1.12. The fraction of sp³-hybridized carbons (Fsp3) is 0.444. The van der Waals surface area contributed by atoms with E-state index in [1.165, 1.54) is 0 Å². The van der Waals surface area contributed by atoms with Gasteiger partial charge in [0.15, 0.2) is 0 Å². The maximum atomic E-state index is 3.93. The zero-order valence-corrected chi connectivity index (χ0v) is 6.96. The van der Waals surface area contributed by atoms with Gasteiger partial charge < -0.3 is 0 Å². The molecule has 10 heavy (non-hydrogen) atoms. The summed E-state index contributed by atoms with van der Waals surface area (Å²) in [6.07, 6.45) is 5.46. The molecule has 0 aromatic rings. The summed E-state index contributed by atoms with van der Waals surface area (Å²) >= 11 is 0. The third kappa shape index (κ3) is 4.07. The Morgan fingerprint density at radius 3 is 2.50 bits per heavy atom. The molecular formula is C9H15N. The number of aliphatic imine (C=N–C) groups is 1. The molecule has 0 spiro atoms. The molecular weight excluding hydrogens is 122 g/mol. The van der Waals surface area contributed by atoms with E-state index in [0.29, 0.717) is 5.92 Å². The van der Waals surface area contributed by atoms with Gasteiger partial charge in [0, 0.05) is 12.4 Å².